The van der Waals surface area contributed by atoms with Crippen molar-refractivity contribution in [1.82, 2.24) is 10.3 Å². The average molecular weight is 390 g/mol. The van der Waals surface area contributed by atoms with Gasteiger partial charge in [0.05, 0.1) is 5.69 Å². The molecule has 2 rings (SSSR count). The van der Waals surface area contributed by atoms with Gasteiger partial charge in [0.1, 0.15) is 0 Å². The Morgan fingerprint density at radius 3 is 2.61 bits per heavy atom. The summed E-state index contributed by atoms with van der Waals surface area (Å²) in [6.45, 7) is 5.98. The normalized spacial score (nSPS) is 10.9. The highest BCUT2D eigenvalue weighted by atomic mass is 79.9. The molecule has 0 radical (unpaired) electrons. The van der Waals surface area contributed by atoms with Crippen LogP contribution in [0.25, 0.3) is 0 Å². The molecule has 0 fully saturated rings. The Hall–Kier alpha value is -0.230. The van der Waals surface area contributed by atoms with Gasteiger partial charge < -0.3 is 5.32 Å². The molecule has 2 nitrogen and oxygen atoms in total. The molecule has 0 aliphatic heterocycles. The molecule has 18 heavy (non-hydrogen) atoms. The molecule has 0 aliphatic rings. The van der Waals surface area contributed by atoms with Crippen LogP contribution in [0, 0.1) is 13.8 Å². The zero-order valence-electron chi connectivity index (χ0n) is 10.3. The van der Waals surface area contributed by atoms with Gasteiger partial charge in [0, 0.05) is 38.0 Å². The van der Waals surface area contributed by atoms with Gasteiger partial charge in [0.15, 0.2) is 0 Å². The Labute approximate surface area is 128 Å². The predicted molar refractivity (Wildman–Crippen MR) is 84.0 cm³/mol. The van der Waals surface area contributed by atoms with E-state index in [-0.39, 0.29) is 0 Å². The van der Waals surface area contributed by atoms with Crippen LogP contribution >= 0.6 is 43.2 Å². The first-order valence-electron chi connectivity index (χ1n) is 5.63. The van der Waals surface area contributed by atoms with Gasteiger partial charge in [-0.3, -0.25) is 4.98 Å². The summed E-state index contributed by atoms with van der Waals surface area (Å²) in [7, 11) is 0. The molecule has 1 N–H and O–H groups in total. The van der Waals surface area contributed by atoms with Crippen molar-refractivity contribution in [3.8, 4) is 0 Å². The van der Waals surface area contributed by atoms with Gasteiger partial charge in [0.2, 0.25) is 0 Å². The maximum Gasteiger partial charge on any atom is 0.0684 e. The molecule has 0 aromatic carbocycles. The highest BCUT2D eigenvalue weighted by Gasteiger charge is 2.04. The molecule has 96 valence electrons. The van der Waals surface area contributed by atoms with Crippen molar-refractivity contribution in [3.63, 3.8) is 0 Å². The van der Waals surface area contributed by atoms with Crippen LogP contribution in [0.3, 0.4) is 0 Å². The molecule has 0 aliphatic carbocycles. The minimum atomic E-state index is 0.768. The van der Waals surface area contributed by atoms with Crippen molar-refractivity contribution in [2.24, 2.45) is 0 Å². The highest BCUT2D eigenvalue weighted by molar-refractivity contribution is 9.11. The summed E-state index contributed by atoms with van der Waals surface area (Å²) >= 11 is 8.77. The van der Waals surface area contributed by atoms with Crippen LogP contribution < -0.4 is 5.32 Å². The third kappa shape index (κ3) is 3.63. The summed E-state index contributed by atoms with van der Waals surface area (Å²) in [5, 5.41) is 3.42. The summed E-state index contributed by atoms with van der Waals surface area (Å²) in [5.74, 6) is 0. The quantitative estimate of drug-likeness (QED) is 0.827. The average Bonchev–Trinajstić information content (AvgIpc) is 2.61. The van der Waals surface area contributed by atoms with E-state index in [2.05, 4.69) is 62.1 Å². The van der Waals surface area contributed by atoms with Gasteiger partial charge in [-0.2, -0.15) is 0 Å². The molecular formula is C13H14Br2N2S. The SMILES string of the molecule is Cc1cc(CNCc2ncc(Br)cc2Br)sc1C. The highest BCUT2D eigenvalue weighted by Crippen LogP contribution is 2.21. The number of nitrogens with one attached hydrogen (secondary N) is 1. The Bertz CT molecular complexity index is 532. The number of hydrogen-bond donors (Lipinski definition) is 1. The van der Waals surface area contributed by atoms with Gasteiger partial charge in [-0.25, -0.2) is 0 Å². The standard InChI is InChI=1S/C13H14Br2N2S/c1-8-3-11(18-9(8)2)6-16-7-13-12(15)4-10(14)5-17-13/h3-5,16H,6-7H2,1-2H3. The van der Waals surface area contributed by atoms with Gasteiger partial charge in [-0.15, -0.1) is 11.3 Å². The lowest BCUT2D eigenvalue weighted by molar-refractivity contribution is 0.683. The number of aromatic nitrogens is 1. The second-order valence-electron chi connectivity index (χ2n) is 4.14. The fraction of sp³-hybridized carbons (Fsp3) is 0.308. The van der Waals surface area contributed by atoms with Crippen molar-refractivity contribution in [2.45, 2.75) is 26.9 Å². The first-order valence-corrected chi connectivity index (χ1v) is 8.03. The van der Waals surface area contributed by atoms with Crippen LogP contribution in [0.1, 0.15) is 21.0 Å². The van der Waals surface area contributed by atoms with Crippen molar-refractivity contribution in [1.29, 1.82) is 0 Å². The Balaban J connectivity index is 1.92. The van der Waals surface area contributed by atoms with Crippen LogP contribution in [0.15, 0.2) is 27.3 Å². The molecule has 0 atom stereocenters. The molecular weight excluding hydrogens is 376 g/mol. The van der Waals surface area contributed by atoms with Crippen LogP contribution in [0.5, 0.6) is 0 Å². The third-order valence-corrected chi connectivity index (χ3v) is 4.97. The van der Waals surface area contributed by atoms with E-state index in [9.17, 15) is 0 Å². The Morgan fingerprint density at radius 1 is 1.22 bits per heavy atom. The molecule has 0 amide bonds. The first-order chi connectivity index (χ1) is 8.56. The number of thiophene rings is 1. The van der Waals surface area contributed by atoms with Crippen molar-refractivity contribution >= 4 is 43.2 Å². The summed E-state index contributed by atoms with van der Waals surface area (Å²) in [4.78, 5) is 7.15. The molecule has 0 saturated carbocycles. The molecule has 0 saturated heterocycles. The van der Waals surface area contributed by atoms with Crippen LogP contribution in [0.2, 0.25) is 0 Å². The molecule has 2 aromatic rings. The molecule has 5 heteroatoms. The Morgan fingerprint density at radius 2 is 2.00 bits per heavy atom. The maximum absolute atomic E-state index is 4.38. The number of rotatable bonds is 4. The van der Waals surface area contributed by atoms with E-state index in [4.69, 9.17) is 0 Å². The number of halogens is 2. The molecule has 2 aromatic heterocycles. The number of aryl methyl sites for hydroxylation is 2. The fourth-order valence-corrected chi connectivity index (χ4v) is 3.76. The second kappa shape index (κ2) is 6.28. The summed E-state index contributed by atoms with van der Waals surface area (Å²) < 4.78 is 2.02. The van der Waals surface area contributed by atoms with Crippen LogP contribution in [0.4, 0.5) is 0 Å². The van der Waals surface area contributed by atoms with E-state index in [1.54, 1.807) is 0 Å². The minimum absolute atomic E-state index is 0.768. The van der Waals surface area contributed by atoms with Crippen molar-refractivity contribution in [2.75, 3.05) is 0 Å². The van der Waals surface area contributed by atoms with Gasteiger partial charge in [0.25, 0.3) is 0 Å². The first kappa shape index (κ1) is 14.2. The van der Waals surface area contributed by atoms with E-state index >= 15 is 0 Å². The van der Waals surface area contributed by atoms with Crippen molar-refractivity contribution in [3.05, 3.63) is 48.3 Å². The second-order valence-corrected chi connectivity index (χ2v) is 7.25. The monoisotopic (exact) mass is 388 g/mol. The van der Waals surface area contributed by atoms with E-state index < -0.39 is 0 Å². The lowest BCUT2D eigenvalue weighted by Crippen LogP contribution is -2.13. The fourth-order valence-electron chi connectivity index (χ4n) is 1.61. The molecule has 0 bridgehead atoms. The molecule has 0 spiro atoms. The zero-order valence-corrected chi connectivity index (χ0v) is 14.2. The van der Waals surface area contributed by atoms with Crippen LogP contribution in [-0.4, -0.2) is 4.98 Å². The van der Waals surface area contributed by atoms with Gasteiger partial charge in [-0.05, 0) is 63.4 Å². The number of hydrogen-bond acceptors (Lipinski definition) is 3. The molecule has 0 unspecified atom stereocenters. The minimum Gasteiger partial charge on any atom is -0.306 e. The topological polar surface area (TPSA) is 24.9 Å². The summed E-state index contributed by atoms with van der Waals surface area (Å²) in [6, 6.07) is 4.26. The zero-order chi connectivity index (χ0) is 13.1. The van der Waals surface area contributed by atoms with Gasteiger partial charge in [-0.1, -0.05) is 0 Å². The molecule has 2 heterocycles. The third-order valence-electron chi connectivity index (χ3n) is 2.69. The lowest BCUT2D eigenvalue weighted by Gasteiger charge is -2.05. The van der Waals surface area contributed by atoms with E-state index in [0.29, 0.717) is 0 Å². The van der Waals surface area contributed by atoms with E-state index in [1.165, 1.54) is 15.3 Å². The van der Waals surface area contributed by atoms with E-state index in [1.807, 2.05) is 23.6 Å². The lowest BCUT2D eigenvalue weighted by atomic mass is 10.3. The van der Waals surface area contributed by atoms with Crippen molar-refractivity contribution < 1.29 is 0 Å². The predicted octanol–water partition coefficient (Wildman–Crippen LogP) is 4.57. The van der Waals surface area contributed by atoms with E-state index in [0.717, 1.165) is 27.7 Å². The summed E-state index contributed by atoms with van der Waals surface area (Å²) in [5.41, 5.74) is 2.41. The maximum atomic E-state index is 4.38. The van der Waals surface area contributed by atoms with Crippen LogP contribution in [-0.2, 0) is 13.1 Å². The smallest absolute Gasteiger partial charge is 0.0684 e. The Kier molecular flexibility index (Phi) is 4.95. The number of nitrogens with zero attached hydrogens (tertiary/aromatic N) is 1. The van der Waals surface area contributed by atoms with Gasteiger partial charge >= 0.3 is 0 Å². The number of pyridine rings is 1. The summed E-state index contributed by atoms with van der Waals surface area (Å²) in [6.07, 6.45) is 1.82. The largest absolute Gasteiger partial charge is 0.306 e.